The summed E-state index contributed by atoms with van der Waals surface area (Å²) in [6, 6.07) is 11.7. The van der Waals surface area contributed by atoms with Gasteiger partial charge in [0, 0.05) is 31.3 Å². The molecule has 126 valence electrons. The predicted molar refractivity (Wildman–Crippen MR) is 96.6 cm³/mol. The number of aromatic nitrogens is 4. The first-order valence-electron chi connectivity index (χ1n) is 8.07. The van der Waals surface area contributed by atoms with Crippen molar-refractivity contribution in [2.24, 2.45) is 0 Å². The van der Waals surface area contributed by atoms with E-state index in [2.05, 4.69) is 10.1 Å². The van der Waals surface area contributed by atoms with Gasteiger partial charge in [0.1, 0.15) is 5.52 Å². The lowest BCUT2D eigenvalue weighted by Crippen LogP contribution is -2.09. The van der Waals surface area contributed by atoms with Gasteiger partial charge in [-0.1, -0.05) is 24.3 Å². The Morgan fingerprint density at radius 3 is 2.68 bits per heavy atom. The molecule has 6 nitrogen and oxygen atoms in total. The molecule has 4 aromatic rings. The van der Waals surface area contributed by atoms with Crippen LogP contribution in [-0.2, 0) is 11.3 Å². The maximum absolute atomic E-state index is 12.1. The van der Waals surface area contributed by atoms with Crippen molar-refractivity contribution in [2.45, 2.75) is 6.54 Å². The number of ether oxygens (including phenoxy) is 1. The van der Waals surface area contributed by atoms with Crippen LogP contribution in [0.5, 0.6) is 0 Å². The maximum Gasteiger partial charge on any atom is 0.272 e. The number of fused-ring (bicyclic) bond motifs is 1. The number of methoxy groups -OCH3 is 1. The summed E-state index contributed by atoms with van der Waals surface area (Å²) in [5, 5.41) is 4.34. The molecule has 0 amide bonds. The molecule has 1 N–H and O–H groups in total. The SMILES string of the molecule is COCCn1cc(-c2ccc(-c3cn4cccc4c(=O)[nH]3)cc2)cn1. The Morgan fingerprint density at radius 1 is 1.08 bits per heavy atom. The van der Waals surface area contributed by atoms with Gasteiger partial charge in [-0.15, -0.1) is 0 Å². The van der Waals surface area contributed by atoms with Crippen molar-refractivity contribution in [3.63, 3.8) is 0 Å². The molecule has 1 aromatic carbocycles. The van der Waals surface area contributed by atoms with Gasteiger partial charge >= 0.3 is 0 Å². The molecule has 0 bridgehead atoms. The van der Waals surface area contributed by atoms with E-state index >= 15 is 0 Å². The summed E-state index contributed by atoms with van der Waals surface area (Å²) >= 11 is 0. The molecule has 0 fully saturated rings. The summed E-state index contributed by atoms with van der Waals surface area (Å²) in [6.07, 6.45) is 7.64. The highest BCUT2D eigenvalue weighted by molar-refractivity contribution is 5.68. The van der Waals surface area contributed by atoms with Crippen LogP contribution in [-0.4, -0.2) is 32.9 Å². The Hall–Kier alpha value is -3.12. The summed E-state index contributed by atoms with van der Waals surface area (Å²) in [5.74, 6) is 0. The molecule has 3 aromatic heterocycles. The molecule has 0 unspecified atom stereocenters. The predicted octanol–water partition coefficient (Wildman–Crippen LogP) is 2.80. The number of H-pyrrole nitrogens is 1. The highest BCUT2D eigenvalue weighted by atomic mass is 16.5. The quantitative estimate of drug-likeness (QED) is 0.610. The number of rotatable bonds is 5. The number of aromatic amines is 1. The minimum Gasteiger partial charge on any atom is -0.383 e. The summed E-state index contributed by atoms with van der Waals surface area (Å²) in [6.45, 7) is 1.36. The van der Waals surface area contributed by atoms with Gasteiger partial charge in [-0.25, -0.2) is 0 Å². The molecule has 0 saturated carbocycles. The minimum atomic E-state index is -0.0917. The molecule has 6 heteroatoms. The molecule has 0 spiro atoms. The Labute approximate surface area is 144 Å². The Kier molecular flexibility index (Phi) is 3.95. The lowest BCUT2D eigenvalue weighted by molar-refractivity contribution is 0.183. The topological polar surface area (TPSA) is 64.3 Å². The molecule has 0 aliphatic rings. The fraction of sp³-hybridized carbons (Fsp3) is 0.158. The number of hydrogen-bond acceptors (Lipinski definition) is 3. The number of nitrogens with one attached hydrogen (secondary N) is 1. The Morgan fingerprint density at radius 2 is 1.88 bits per heavy atom. The Bertz CT molecular complexity index is 1060. The summed E-state index contributed by atoms with van der Waals surface area (Å²) in [5.41, 5.74) is 4.43. The van der Waals surface area contributed by atoms with Crippen molar-refractivity contribution in [1.82, 2.24) is 19.2 Å². The van der Waals surface area contributed by atoms with E-state index in [1.165, 1.54) is 0 Å². The van der Waals surface area contributed by atoms with Crippen molar-refractivity contribution in [2.75, 3.05) is 13.7 Å². The van der Waals surface area contributed by atoms with E-state index in [1.807, 2.05) is 64.2 Å². The summed E-state index contributed by atoms with van der Waals surface area (Å²) < 4.78 is 8.77. The summed E-state index contributed by atoms with van der Waals surface area (Å²) in [4.78, 5) is 15.0. The van der Waals surface area contributed by atoms with E-state index in [4.69, 9.17) is 4.74 Å². The molecule has 0 aliphatic carbocycles. The molecule has 0 aliphatic heterocycles. The third-order valence-corrected chi connectivity index (χ3v) is 4.21. The zero-order chi connectivity index (χ0) is 17.2. The second-order valence-electron chi connectivity index (χ2n) is 5.86. The van der Waals surface area contributed by atoms with Crippen molar-refractivity contribution >= 4 is 5.52 Å². The monoisotopic (exact) mass is 334 g/mol. The second kappa shape index (κ2) is 6.41. The van der Waals surface area contributed by atoms with Gasteiger partial charge in [-0.2, -0.15) is 5.10 Å². The van der Waals surface area contributed by atoms with E-state index in [9.17, 15) is 4.79 Å². The number of hydrogen-bond donors (Lipinski definition) is 1. The minimum absolute atomic E-state index is 0.0917. The maximum atomic E-state index is 12.1. The van der Waals surface area contributed by atoms with Crippen LogP contribution in [0, 0.1) is 0 Å². The highest BCUT2D eigenvalue weighted by Gasteiger charge is 2.06. The molecule has 0 radical (unpaired) electrons. The first-order chi connectivity index (χ1) is 12.2. The first kappa shape index (κ1) is 15.4. The van der Waals surface area contributed by atoms with Crippen LogP contribution in [0.2, 0.25) is 0 Å². The van der Waals surface area contributed by atoms with E-state index < -0.39 is 0 Å². The van der Waals surface area contributed by atoms with Gasteiger partial charge in [0.2, 0.25) is 0 Å². The Balaban J connectivity index is 1.62. The van der Waals surface area contributed by atoms with E-state index in [0.29, 0.717) is 12.1 Å². The molecule has 25 heavy (non-hydrogen) atoms. The average Bonchev–Trinajstić information content (AvgIpc) is 3.29. The van der Waals surface area contributed by atoms with Crippen molar-refractivity contribution in [3.8, 4) is 22.4 Å². The summed E-state index contributed by atoms with van der Waals surface area (Å²) in [7, 11) is 1.68. The first-order valence-corrected chi connectivity index (χ1v) is 8.07. The second-order valence-corrected chi connectivity index (χ2v) is 5.86. The number of nitrogens with zero attached hydrogens (tertiary/aromatic N) is 3. The van der Waals surface area contributed by atoms with Crippen LogP contribution < -0.4 is 5.56 Å². The zero-order valence-corrected chi connectivity index (χ0v) is 13.8. The van der Waals surface area contributed by atoms with Gasteiger partial charge in [0.05, 0.1) is 25.0 Å². The number of benzene rings is 1. The lowest BCUT2D eigenvalue weighted by Gasteiger charge is -2.05. The van der Waals surface area contributed by atoms with Gasteiger partial charge < -0.3 is 14.1 Å². The van der Waals surface area contributed by atoms with Gasteiger partial charge in [-0.3, -0.25) is 9.48 Å². The van der Waals surface area contributed by atoms with Crippen LogP contribution >= 0.6 is 0 Å². The molecule has 4 rings (SSSR count). The van der Waals surface area contributed by atoms with Crippen LogP contribution in [0.1, 0.15) is 0 Å². The average molecular weight is 334 g/mol. The van der Waals surface area contributed by atoms with Crippen molar-refractivity contribution in [1.29, 1.82) is 0 Å². The zero-order valence-electron chi connectivity index (χ0n) is 13.8. The third kappa shape index (κ3) is 2.99. The van der Waals surface area contributed by atoms with Crippen LogP contribution in [0.15, 0.2) is 66.0 Å². The fourth-order valence-corrected chi connectivity index (χ4v) is 2.87. The third-order valence-electron chi connectivity index (χ3n) is 4.21. The van der Waals surface area contributed by atoms with Crippen LogP contribution in [0.25, 0.3) is 27.9 Å². The smallest absolute Gasteiger partial charge is 0.272 e. The van der Waals surface area contributed by atoms with Crippen molar-refractivity contribution < 1.29 is 4.74 Å². The normalized spacial score (nSPS) is 11.2. The fourth-order valence-electron chi connectivity index (χ4n) is 2.87. The van der Waals surface area contributed by atoms with Crippen molar-refractivity contribution in [3.05, 3.63) is 71.5 Å². The molecular weight excluding hydrogens is 316 g/mol. The van der Waals surface area contributed by atoms with Gasteiger partial charge in [0.15, 0.2) is 0 Å². The van der Waals surface area contributed by atoms with Crippen LogP contribution in [0.3, 0.4) is 0 Å². The molecular formula is C19H18N4O2. The van der Waals surface area contributed by atoms with E-state index in [-0.39, 0.29) is 5.56 Å². The lowest BCUT2D eigenvalue weighted by atomic mass is 10.1. The van der Waals surface area contributed by atoms with Gasteiger partial charge in [0.25, 0.3) is 5.56 Å². The molecule has 3 heterocycles. The van der Waals surface area contributed by atoms with E-state index in [1.54, 1.807) is 13.2 Å². The molecule has 0 saturated heterocycles. The standard InChI is InChI=1S/C19H18N4O2/c1-25-10-9-23-12-16(11-20-23)14-4-6-15(7-5-14)17-13-22-8-2-3-18(22)19(24)21-17/h2-8,11-13H,9-10H2,1H3,(H,21,24). The van der Waals surface area contributed by atoms with Crippen LogP contribution in [0.4, 0.5) is 0 Å². The molecule has 0 atom stereocenters. The largest absolute Gasteiger partial charge is 0.383 e. The van der Waals surface area contributed by atoms with Gasteiger partial charge in [-0.05, 0) is 23.3 Å². The van der Waals surface area contributed by atoms with E-state index in [0.717, 1.165) is 28.9 Å². The highest BCUT2D eigenvalue weighted by Crippen LogP contribution is 2.23.